The molecule has 0 bridgehead atoms. The van der Waals surface area contributed by atoms with Crippen molar-refractivity contribution in [1.29, 1.82) is 0 Å². The van der Waals surface area contributed by atoms with Gasteiger partial charge in [-0.3, -0.25) is 9.69 Å². The first-order valence-corrected chi connectivity index (χ1v) is 7.75. The molecule has 2 rings (SSSR count). The van der Waals surface area contributed by atoms with Gasteiger partial charge in [-0.1, -0.05) is 6.07 Å². The molecule has 0 unspecified atom stereocenters. The minimum absolute atomic E-state index is 0.00676. The number of carbonyl (C=O) groups is 1. The van der Waals surface area contributed by atoms with Gasteiger partial charge in [-0.15, -0.1) is 0 Å². The van der Waals surface area contributed by atoms with Gasteiger partial charge in [0.1, 0.15) is 11.8 Å². The van der Waals surface area contributed by atoms with Gasteiger partial charge in [-0.2, -0.15) is 11.8 Å². The van der Waals surface area contributed by atoms with E-state index in [9.17, 15) is 4.79 Å². The maximum absolute atomic E-state index is 12.3. The van der Waals surface area contributed by atoms with Crippen LogP contribution in [0.25, 0.3) is 0 Å². The summed E-state index contributed by atoms with van der Waals surface area (Å²) in [6.45, 7) is 0. The first kappa shape index (κ1) is 14.1. The number of nitrogens with zero attached hydrogens (tertiary/aromatic N) is 1. The number of amides is 1. The summed E-state index contributed by atoms with van der Waals surface area (Å²) in [4.78, 5) is 13.9. The summed E-state index contributed by atoms with van der Waals surface area (Å²) in [5, 5.41) is 3.54. The quantitative estimate of drug-likeness (QED) is 0.842. The summed E-state index contributed by atoms with van der Waals surface area (Å²) in [6, 6.07) is 7.13. The number of rotatable bonds is 5. The number of thioether (sulfide) groups is 1. The molecule has 0 aromatic heterocycles. The zero-order valence-corrected chi connectivity index (χ0v) is 12.5. The SMILES string of the molecule is COc1cccc(N2C(=O)[C@H](CCSC)NC2=S)c1. The van der Waals surface area contributed by atoms with E-state index in [0.29, 0.717) is 10.9 Å². The van der Waals surface area contributed by atoms with Gasteiger partial charge in [0.25, 0.3) is 5.91 Å². The van der Waals surface area contributed by atoms with Gasteiger partial charge >= 0.3 is 0 Å². The van der Waals surface area contributed by atoms with Crippen LogP contribution in [0.4, 0.5) is 5.69 Å². The van der Waals surface area contributed by atoms with Crippen molar-refractivity contribution in [2.45, 2.75) is 12.5 Å². The van der Waals surface area contributed by atoms with Crippen LogP contribution in [-0.4, -0.2) is 36.2 Å². The smallest absolute Gasteiger partial charge is 0.255 e. The van der Waals surface area contributed by atoms with Crippen LogP contribution < -0.4 is 15.0 Å². The van der Waals surface area contributed by atoms with Gasteiger partial charge < -0.3 is 10.1 Å². The van der Waals surface area contributed by atoms with Crippen LogP contribution in [0.2, 0.25) is 0 Å². The fourth-order valence-electron chi connectivity index (χ4n) is 1.96. The van der Waals surface area contributed by atoms with E-state index >= 15 is 0 Å². The largest absolute Gasteiger partial charge is 0.497 e. The molecular formula is C13H16N2O2S2. The maximum atomic E-state index is 12.3. The van der Waals surface area contributed by atoms with Crippen LogP contribution in [0.1, 0.15) is 6.42 Å². The number of carbonyl (C=O) groups excluding carboxylic acids is 1. The third kappa shape index (κ3) is 3.01. The van der Waals surface area contributed by atoms with E-state index in [4.69, 9.17) is 17.0 Å². The van der Waals surface area contributed by atoms with Crippen molar-refractivity contribution in [3.05, 3.63) is 24.3 Å². The zero-order valence-electron chi connectivity index (χ0n) is 10.9. The Hall–Kier alpha value is -1.27. The van der Waals surface area contributed by atoms with Crippen molar-refractivity contribution >= 4 is 40.7 Å². The molecule has 0 radical (unpaired) electrons. The summed E-state index contributed by atoms with van der Waals surface area (Å²) >= 11 is 6.97. The Bertz CT molecular complexity index is 493. The normalized spacial score (nSPS) is 18.6. The fraction of sp³-hybridized carbons (Fsp3) is 0.385. The molecule has 1 saturated heterocycles. The predicted octanol–water partition coefficient (Wildman–Crippen LogP) is 2.04. The minimum atomic E-state index is -0.217. The molecule has 0 spiro atoms. The van der Waals surface area contributed by atoms with Crippen LogP contribution in [0.3, 0.4) is 0 Å². The lowest BCUT2D eigenvalue weighted by Gasteiger charge is -2.15. The van der Waals surface area contributed by atoms with Crippen molar-refractivity contribution in [3.8, 4) is 5.75 Å². The molecule has 1 N–H and O–H groups in total. The first-order chi connectivity index (χ1) is 9.17. The number of hydrogen-bond donors (Lipinski definition) is 1. The standard InChI is InChI=1S/C13H16N2O2S2/c1-17-10-5-3-4-9(8-10)15-12(16)11(6-7-19-2)14-13(15)18/h3-5,8,11H,6-7H2,1-2H3,(H,14,18)/t11-/m0/s1. The van der Waals surface area contributed by atoms with Crippen molar-refractivity contribution in [3.63, 3.8) is 0 Å². The first-order valence-electron chi connectivity index (χ1n) is 5.95. The van der Waals surface area contributed by atoms with Gasteiger partial charge in [0.2, 0.25) is 0 Å². The number of methoxy groups -OCH3 is 1. The Morgan fingerprint density at radius 2 is 2.32 bits per heavy atom. The molecule has 0 saturated carbocycles. The summed E-state index contributed by atoms with van der Waals surface area (Å²) in [7, 11) is 1.60. The second kappa shape index (κ2) is 6.25. The lowest BCUT2D eigenvalue weighted by molar-refractivity contribution is -0.118. The third-order valence-electron chi connectivity index (χ3n) is 2.94. The van der Waals surface area contributed by atoms with E-state index in [-0.39, 0.29) is 11.9 Å². The molecule has 1 aromatic carbocycles. The highest BCUT2D eigenvalue weighted by Gasteiger charge is 2.35. The molecule has 1 amide bonds. The van der Waals surface area contributed by atoms with E-state index in [1.165, 1.54) is 0 Å². The third-order valence-corrected chi connectivity index (χ3v) is 3.89. The maximum Gasteiger partial charge on any atom is 0.255 e. The monoisotopic (exact) mass is 296 g/mol. The van der Waals surface area contributed by atoms with Gasteiger partial charge in [0, 0.05) is 6.07 Å². The molecule has 4 nitrogen and oxygen atoms in total. The van der Waals surface area contributed by atoms with Crippen LogP contribution in [-0.2, 0) is 4.79 Å². The van der Waals surface area contributed by atoms with E-state index in [0.717, 1.165) is 17.9 Å². The van der Waals surface area contributed by atoms with Gasteiger partial charge in [-0.25, -0.2) is 0 Å². The number of thiocarbonyl (C=S) groups is 1. The number of anilines is 1. The number of ether oxygens (including phenoxy) is 1. The second-order valence-electron chi connectivity index (χ2n) is 4.16. The predicted molar refractivity (Wildman–Crippen MR) is 83.0 cm³/mol. The highest BCUT2D eigenvalue weighted by Crippen LogP contribution is 2.25. The van der Waals surface area contributed by atoms with E-state index < -0.39 is 0 Å². The summed E-state index contributed by atoms with van der Waals surface area (Å²) < 4.78 is 5.17. The number of benzene rings is 1. The van der Waals surface area contributed by atoms with E-state index in [1.54, 1.807) is 23.8 Å². The number of hydrogen-bond acceptors (Lipinski definition) is 4. The lowest BCUT2D eigenvalue weighted by atomic mass is 10.2. The van der Waals surface area contributed by atoms with Crippen molar-refractivity contribution < 1.29 is 9.53 Å². The van der Waals surface area contributed by atoms with Crippen LogP contribution >= 0.6 is 24.0 Å². The zero-order chi connectivity index (χ0) is 13.8. The highest BCUT2D eigenvalue weighted by atomic mass is 32.2. The molecule has 6 heteroatoms. The Morgan fingerprint density at radius 3 is 3.00 bits per heavy atom. The summed E-state index contributed by atoms with van der Waals surface area (Å²) in [6.07, 6.45) is 2.80. The molecular weight excluding hydrogens is 280 g/mol. The second-order valence-corrected chi connectivity index (χ2v) is 5.53. The highest BCUT2D eigenvalue weighted by molar-refractivity contribution is 7.98. The van der Waals surface area contributed by atoms with E-state index in [2.05, 4.69) is 5.32 Å². The number of nitrogens with one attached hydrogen (secondary N) is 1. The molecule has 1 aromatic rings. The molecule has 1 heterocycles. The Kier molecular flexibility index (Phi) is 4.66. The Balaban J connectivity index is 2.19. The summed E-state index contributed by atoms with van der Waals surface area (Å²) in [5.74, 6) is 1.64. The Labute approximate surface area is 122 Å². The molecule has 0 aliphatic carbocycles. The van der Waals surface area contributed by atoms with Crippen molar-refractivity contribution in [1.82, 2.24) is 5.32 Å². The fourth-order valence-corrected chi connectivity index (χ4v) is 2.77. The molecule has 19 heavy (non-hydrogen) atoms. The van der Waals surface area contributed by atoms with E-state index in [1.807, 2.05) is 30.5 Å². The molecule has 1 atom stereocenters. The Morgan fingerprint density at radius 1 is 1.53 bits per heavy atom. The van der Waals surface area contributed by atoms with Gasteiger partial charge in [0.15, 0.2) is 5.11 Å². The average Bonchev–Trinajstić information content (AvgIpc) is 2.71. The molecule has 1 fully saturated rings. The van der Waals surface area contributed by atoms with Gasteiger partial charge in [-0.05, 0) is 42.8 Å². The van der Waals surface area contributed by atoms with Gasteiger partial charge in [0.05, 0.1) is 12.8 Å². The average molecular weight is 296 g/mol. The topological polar surface area (TPSA) is 41.6 Å². The molecule has 1 aliphatic rings. The minimum Gasteiger partial charge on any atom is -0.497 e. The van der Waals surface area contributed by atoms with Crippen molar-refractivity contribution in [2.75, 3.05) is 24.0 Å². The summed E-state index contributed by atoms with van der Waals surface area (Å²) in [5.41, 5.74) is 0.744. The molecule has 1 aliphatic heterocycles. The van der Waals surface area contributed by atoms with Crippen LogP contribution in [0.15, 0.2) is 24.3 Å². The molecule has 102 valence electrons. The van der Waals surface area contributed by atoms with Crippen LogP contribution in [0.5, 0.6) is 5.75 Å². The lowest BCUT2D eigenvalue weighted by Crippen LogP contribution is -2.31. The van der Waals surface area contributed by atoms with Crippen molar-refractivity contribution in [2.24, 2.45) is 0 Å². The van der Waals surface area contributed by atoms with Crippen LogP contribution in [0, 0.1) is 0 Å².